The molecule has 0 aliphatic heterocycles. The lowest BCUT2D eigenvalue weighted by atomic mass is 10.1. The summed E-state index contributed by atoms with van der Waals surface area (Å²) in [5, 5.41) is 3.37. The largest absolute Gasteiger partial charge is 0.367 e. The zero-order valence-electron chi connectivity index (χ0n) is 8.96. The number of anilines is 1. The molecule has 0 amide bonds. The van der Waals surface area contributed by atoms with Gasteiger partial charge in [-0.2, -0.15) is 0 Å². The van der Waals surface area contributed by atoms with Crippen LogP contribution >= 0.6 is 0 Å². The van der Waals surface area contributed by atoms with E-state index in [0.29, 0.717) is 6.04 Å². The minimum absolute atomic E-state index is 0.440. The van der Waals surface area contributed by atoms with Gasteiger partial charge in [0.05, 0.1) is 0 Å². The second-order valence-electron chi connectivity index (χ2n) is 3.55. The summed E-state index contributed by atoms with van der Waals surface area (Å²) in [6.07, 6.45) is 3.94. The van der Waals surface area contributed by atoms with Gasteiger partial charge in [0.2, 0.25) is 0 Å². The average molecular weight is 193 g/mol. The highest BCUT2D eigenvalue weighted by atomic mass is 15.0. The first-order valence-corrected chi connectivity index (χ1v) is 5.15. The average Bonchev–Trinajstić information content (AvgIpc) is 2.20. The van der Waals surface area contributed by atoms with E-state index in [-0.39, 0.29) is 0 Å². The van der Waals surface area contributed by atoms with Crippen molar-refractivity contribution in [1.82, 2.24) is 4.98 Å². The predicted octanol–water partition coefficient (Wildman–Crippen LogP) is 1.93. The maximum absolute atomic E-state index is 5.52. The van der Waals surface area contributed by atoms with Crippen LogP contribution in [0.2, 0.25) is 0 Å². The molecule has 0 aliphatic carbocycles. The molecule has 1 aromatic rings. The highest BCUT2D eigenvalue weighted by Gasteiger charge is 2.04. The molecule has 1 atom stereocenters. The Morgan fingerprint density at radius 2 is 2.29 bits per heavy atom. The van der Waals surface area contributed by atoms with E-state index in [1.165, 1.54) is 5.56 Å². The Labute approximate surface area is 85.7 Å². The van der Waals surface area contributed by atoms with Crippen LogP contribution in [0.15, 0.2) is 18.3 Å². The number of hydrogen-bond donors (Lipinski definition) is 2. The number of rotatable bonds is 5. The van der Waals surface area contributed by atoms with E-state index in [0.717, 1.165) is 25.2 Å². The second-order valence-corrected chi connectivity index (χ2v) is 3.55. The van der Waals surface area contributed by atoms with Crippen molar-refractivity contribution in [3.8, 4) is 0 Å². The van der Waals surface area contributed by atoms with Gasteiger partial charge in [0.25, 0.3) is 0 Å². The van der Waals surface area contributed by atoms with Crippen LogP contribution in [0.1, 0.15) is 25.3 Å². The molecule has 0 fully saturated rings. The van der Waals surface area contributed by atoms with Crippen LogP contribution in [0, 0.1) is 6.92 Å². The third kappa shape index (κ3) is 3.34. The van der Waals surface area contributed by atoms with Crippen molar-refractivity contribution in [2.45, 2.75) is 32.7 Å². The predicted molar refractivity (Wildman–Crippen MR) is 60.3 cm³/mol. The Kier molecular flexibility index (Phi) is 4.40. The minimum atomic E-state index is 0.440. The summed E-state index contributed by atoms with van der Waals surface area (Å²) in [5.41, 5.74) is 6.71. The molecule has 0 saturated heterocycles. The molecule has 1 unspecified atom stereocenters. The molecule has 0 radical (unpaired) electrons. The number of nitrogens with zero attached hydrogens (tertiary/aromatic N) is 1. The van der Waals surface area contributed by atoms with E-state index < -0.39 is 0 Å². The van der Waals surface area contributed by atoms with Crippen LogP contribution in [-0.4, -0.2) is 17.6 Å². The molecule has 1 rings (SSSR count). The van der Waals surface area contributed by atoms with Crippen LogP contribution < -0.4 is 11.1 Å². The third-order valence-electron chi connectivity index (χ3n) is 2.27. The molecule has 0 aromatic carbocycles. The van der Waals surface area contributed by atoms with Crippen LogP contribution in [0.3, 0.4) is 0 Å². The van der Waals surface area contributed by atoms with Crippen molar-refractivity contribution in [3.05, 3.63) is 23.9 Å². The number of hydrogen-bond acceptors (Lipinski definition) is 3. The lowest BCUT2D eigenvalue weighted by Crippen LogP contribution is -2.22. The van der Waals surface area contributed by atoms with Gasteiger partial charge in [-0.1, -0.05) is 13.0 Å². The molecule has 0 aliphatic rings. The van der Waals surface area contributed by atoms with Gasteiger partial charge < -0.3 is 11.1 Å². The topological polar surface area (TPSA) is 50.9 Å². The molecular weight excluding hydrogens is 174 g/mol. The maximum Gasteiger partial charge on any atom is 0.126 e. The molecule has 14 heavy (non-hydrogen) atoms. The molecule has 0 saturated carbocycles. The van der Waals surface area contributed by atoms with Crippen LogP contribution in [-0.2, 0) is 0 Å². The highest BCUT2D eigenvalue weighted by Crippen LogP contribution is 2.08. The number of nitrogens with two attached hydrogens (primary N) is 1. The first-order valence-electron chi connectivity index (χ1n) is 5.15. The quantitative estimate of drug-likeness (QED) is 0.751. The van der Waals surface area contributed by atoms with Crippen LogP contribution in [0.25, 0.3) is 0 Å². The van der Waals surface area contributed by atoms with Crippen molar-refractivity contribution in [3.63, 3.8) is 0 Å². The SMILES string of the molecule is CCC(CCN)Nc1ccc(C)cn1. The monoisotopic (exact) mass is 193 g/mol. The number of nitrogens with one attached hydrogen (secondary N) is 1. The summed E-state index contributed by atoms with van der Waals surface area (Å²) in [6.45, 7) is 4.91. The first kappa shape index (κ1) is 11.0. The smallest absolute Gasteiger partial charge is 0.126 e. The van der Waals surface area contributed by atoms with Crippen LogP contribution in [0.5, 0.6) is 0 Å². The molecule has 78 valence electrons. The highest BCUT2D eigenvalue weighted by molar-refractivity contribution is 5.36. The van der Waals surface area contributed by atoms with Gasteiger partial charge in [-0.05, 0) is 37.9 Å². The zero-order chi connectivity index (χ0) is 10.4. The Hall–Kier alpha value is -1.09. The lowest BCUT2D eigenvalue weighted by molar-refractivity contribution is 0.639. The number of aromatic nitrogens is 1. The fraction of sp³-hybridized carbons (Fsp3) is 0.545. The van der Waals surface area contributed by atoms with Gasteiger partial charge in [-0.3, -0.25) is 0 Å². The summed E-state index contributed by atoms with van der Waals surface area (Å²) in [7, 11) is 0. The standard InChI is InChI=1S/C11H19N3/c1-3-10(6-7-12)14-11-5-4-9(2)8-13-11/h4-5,8,10H,3,6-7,12H2,1-2H3,(H,13,14). The zero-order valence-corrected chi connectivity index (χ0v) is 8.96. The summed E-state index contributed by atoms with van der Waals surface area (Å²) in [5.74, 6) is 0.941. The minimum Gasteiger partial charge on any atom is -0.367 e. The van der Waals surface area contributed by atoms with Crippen molar-refractivity contribution in [2.24, 2.45) is 5.73 Å². The Bertz CT molecular complexity index is 256. The Balaban J connectivity index is 2.53. The summed E-state index contributed by atoms with van der Waals surface area (Å²) < 4.78 is 0. The third-order valence-corrected chi connectivity index (χ3v) is 2.27. The van der Waals surface area contributed by atoms with E-state index in [2.05, 4.69) is 23.3 Å². The van der Waals surface area contributed by atoms with Crippen molar-refractivity contribution in [2.75, 3.05) is 11.9 Å². The lowest BCUT2D eigenvalue weighted by Gasteiger charge is -2.16. The van der Waals surface area contributed by atoms with E-state index >= 15 is 0 Å². The maximum atomic E-state index is 5.52. The van der Waals surface area contributed by atoms with Gasteiger partial charge in [0.15, 0.2) is 0 Å². The van der Waals surface area contributed by atoms with E-state index in [4.69, 9.17) is 5.73 Å². The van der Waals surface area contributed by atoms with Crippen molar-refractivity contribution < 1.29 is 0 Å². The number of aryl methyl sites for hydroxylation is 1. The van der Waals surface area contributed by atoms with Gasteiger partial charge in [0, 0.05) is 12.2 Å². The first-order chi connectivity index (χ1) is 6.76. The van der Waals surface area contributed by atoms with Crippen molar-refractivity contribution in [1.29, 1.82) is 0 Å². The molecule has 3 N–H and O–H groups in total. The second kappa shape index (κ2) is 5.60. The van der Waals surface area contributed by atoms with E-state index in [1.807, 2.05) is 19.2 Å². The summed E-state index contributed by atoms with van der Waals surface area (Å²) in [4.78, 5) is 4.30. The summed E-state index contributed by atoms with van der Waals surface area (Å²) in [6, 6.07) is 4.51. The van der Waals surface area contributed by atoms with Gasteiger partial charge in [-0.15, -0.1) is 0 Å². The molecule has 3 nitrogen and oxygen atoms in total. The van der Waals surface area contributed by atoms with Gasteiger partial charge >= 0.3 is 0 Å². The molecule has 0 bridgehead atoms. The van der Waals surface area contributed by atoms with E-state index in [1.54, 1.807) is 0 Å². The fourth-order valence-corrected chi connectivity index (χ4v) is 1.34. The molecule has 1 aromatic heterocycles. The van der Waals surface area contributed by atoms with Gasteiger partial charge in [-0.25, -0.2) is 4.98 Å². The molecular formula is C11H19N3. The Morgan fingerprint density at radius 1 is 1.50 bits per heavy atom. The normalized spacial score (nSPS) is 12.5. The molecule has 0 spiro atoms. The Morgan fingerprint density at radius 3 is 2.79 bits per heavy atom. The summed E-state index contributed by atoms with van der Waals surface area (Å²) >= 11 is 0. The van der Waals surface area contributed by atoms with E-state index in [9.17, 15) is 0 Å². The molecule has 1 heterocycles. The van der Waals surface area contributed by atoms with Crippen LogP contribution in [0.4, 0.5) is 5.82 Å². The van der Waals surface area contributed by atoms with Crippen molar-refractivity contribution >= 4 is 5.82 Å². The van der Waals surface area contributed by atoms with Gasteiger partial charge in [0.1, 0.15) is 5.82 Å². The molecule has 3 heteroatoms. The fourth-order valence-electron chi connectivity index (χ4n) is 1.34. The number of pyridine rings is 1.